The zero-order chi connectivity index (χ0) is 20.5. The first-order valence-corrected chi connectivity index (χ1v) is 11.4. The number of ether oxygens (including phenoxy) is 1. The maximum absolute atomic E-state index is 13.7. The molecule has 1 amide bonds. The zero-order valence-corrected chi connectivity index (χ0v) is 17.6. The van der Waals surface area contributed by atoms with Crippen molar-refractivity contribution >= 4 is 34.7 Å². The fraction of sp³-hybridized carbons (Fsp3) is 0.0909. The summed E-state index contributed by atoms with van der Waals surface area (Å²) in [6.45, 7) is 0. The predicted molar refractivity (Wildman–Crippen MR) is 118 cm³/mol. The number of hydrogen-bond donors (Lipinski definition) is 0. The third-order valence-electron chi connectivity index (χ3n) is 4.76. The van der Waals surface area contributed by atoms with E-state index in [1.807, 2.05) is 65.5 Å². The van der Waals surface area contributed by atoms with Crippen molar-refractivity contribution in [1.29, 1.82) is 0 Å². The smallest absolute Gasteiger partial charge is 0.261 e. The molecular weight excluding hydrogens is 416 g/mol. The van der Waals surface area contributed by atoms with Crippen LogP contribution in [0.25, 0.3) is 11.3 Å². The lowest BCUT2D eigenvalue weighted by Gasteiger charge is -2.30. The Morgan fingerprint density at radius 1 is 1.07 bits per heavy atom. The van der Waals surface area contributed by atoms with Crippen molar-refractivity contribution in [2.24, 2.45) is 0 Å². The maximum Gasteiger partial charge on any atom is 0.261 e. The van der Waals surface area contributed by atoms with Crippen molar-refractivity contribution in [1.82, 2.24) is 15.2 Å². The van der Waals surface area contributed by atoms with Gasteiger partial charge >= 0.3 is 0 Å². The van der Waals surface area contributed by atoms with E-state index in [4.69, 9.17) is 4.74 Å². The third kappa shape index (κ3) is 3.24. The SMILES string of the molecule is CSc1nnc2c(n1)O[C@H](c1ccsc1)N(C(=O)c1ccccc1)c1ccccc1-2. The molecule has 0 fully saturated rings. The largest absolute Gasteiger partial charge is 0.447 e. The van der Waals surface area contributed by atoms with Gasteiger partial charge in [0.2, 0.25) is 17.3 Å². The number of carbonyl (C=O) groups excluding carboxylic acids is 1. The van der Waals surface area contributed by atoms with Crippen LogP contribution in [0.15, 0.2) is 76.6 Å². The normalized spacial score (nSPS) is 15.0. The maximum atomic E-state index is 13.7. The van der Waals surface area contributed by atoms with E-state index < -0.39 is 6.23 Å². The molecule has 2 aromatic carbocycles. The summed E-state index contributed by atoms with van der Waals surface area (Å²) in [6, 6.07) is 18.8. The summed E-state index contributed by atoms with van der Waals surface area (Å²) < 4.78 is 6.37. The molecule has 0 aliphatic carbocycles. The Kier molecular flexibility index (Phi) is 4.94. The summed E-state index contributed by atoms with van der Waals surface area (Å²) in [7, 11) is 0. The highest BCUT2D eigenvalue weighted by Crippen LogP contribution is 2.44. The molecule has 1 atom stereocenters. The van der Waals surface area contributed by atoms with Crippen LogP contribution < -0.4 is 9.64 Å². The van der Waals surface area contributed by atoms with Crippen molar-refractivity contribution in [2.45, 2.75) is 11.4 Å². The highest BCUT2D eigenvalue weighted by Gasteiger charge is 2.36. The van der Waals surface area contributed by atoms with Crippen LogP contribution in [-0.2, 0) is 0 Å². The average Bonchev–Trinajstić information content (AvgIpc) is 3.29. The van der Waals surface area contributed by atoms with E-state index in [9.17, 15) is 4.79 Å². The number of carbonyl (C=O) groups is 1. The number of rotatable bonds is 3. The number of amides is 1. The van der Waals surface area contributed by atoms with Gasteiger partial charge in [0.05, 0.1) is 5.69 Å². The molecule has 6 nitrogen and oxygen atoms in total. The molecule has 4 aromatic rings. The number of anilines is 1. The van der Waals surface area contributed by atoms with Crippen molar-refractivity contribution in [3.05, 3.63) is 82.6 Å². The van der Waals surface area contributed by atoms with E-state index >= 15 is 0 Å². The minimum atomic E-state index is -0.683. The standard InChI is InChI=1S/C22H16N4O2S2/c1-29-22-23-19-18(24-25-22)16-9-5-6-10-17(16)26(20(27)14-7-3-2-4-8-14)21(28-19)15-11-12-30-13-15/h2-13,21H,1H3/t21-/m1/s1. The molecular formula is C22H16N4O2S2. The van der Waals surface area contributed by atoms with Crippen molar-refractivity contribution in [3.63, 3.8) is 0 Å². The molecule has 148 valence electrons. The molecule has 1 aliphatic rings. The lowest BCUT2D eigenvalue weighted by molar-refractivity contribution is 0.0910. The van der Waals surface area contributed by atoms with E-state index in [1.165, 1.54) is 11.8 Å². The summed E-state index contributed by atoms with van der Waals surface area (Å²) in [5.41, 5.74) is 3.42. The van der Waals surface area contributed by atoms with Gasteiger partial charge in [-0.1, -0.05) is 48.2 Å². The highest BCUT2D eigenvalue weighted by molar-refractivity contribution is 7.98. The Morgan fingerprint density at radius 2 is 1.87 bits per heavy atom. The van der Waals surface area contributed by atoms with Gasteiger partial charge in [-0.25, -0.2) is 0 Å². The van der Waals surface area contributed by atoms with Crippen LogP contribution in [0.2, 0.25) is 0 Å². The molecule has 3 heterocycles. The Hall–Kier alpha value is -3.23. The number of fused-ring (bicyclic) bond motifs is 3. The van der Waals surface area contributed by atoms with Crippen LogP contribution in [0.1, 0.15) is 22.1 Å². The van der Waals surface area contributed by atoms with Gasteiger partial charge in [0.25, 0.3) is 5.91 Å². The Balaban J connectivity index is 1.75. The van der Waals surface area contributed by atoms with Gasteiger partial charge in [-0.05, 0) is 41.3 Å². The number of hydrogen-bond acceptors (Lipinski definition) is 7. The molecule has 0 saturated carbocycles. The fourth-order valence-electron chi connectivity index (χ4n) is 3.37. The highest BCUT2D eigenvalue weighted by atomic mass is 32.2. The van der Waals surface area contributed by atoms with Crippen molar-refractivity contribution in [3.8, 4) is 17.1 Å². The van der Waals surface area contributed by atoms with Gasteiger partial charge in [-0.2, -0.15) is 16.3 Å². The quantitative estimate of drug-likeness (QED) is 0.422. The first-order valence-electron chi connectivity index (χ1n) is 9.21. The van der Waals surface area contributed by atoms with Crippen LogP contribution >= 0.6 is 23.1 Å². The molecule has 8 heteroatoms. The van der Waals surface area contributed by atoms with Gasteiger partial charge < -0.3 is 4.74 Å². The number of para-hydroxylation sites is 1. The molecule has 1 aliphatic heterocycles. The van der Waals surface area contributed by atoms with E-state index in [2.05, 4.69) is 15.2 Å². The van der Waals surface area contributed by atoms with Crippen LogP contribution in [0, 0.1) is 0 Å². The van der Waals surface area contributed by atoms with Crippen LogP contribution in [-0.4, -0.2) is 27.3 Å². The molecule has 30 heavy (non-hydrogen) atoms. The Labute approximate surface area is 181 Å². The topological polar surface area (TPSA) is 68.2 Å². The van der Waals surface area contributed by atoms with Gasteiger partial charge in [-0.15, -0.1) is 10.2 Å². The second-order valence-electron chi connectivity index (χ2n) is 6.54. The van der Waals surface area contributed by atoms with Gasteiger partial charge in [0, 0.05) is 16.7 Å². The van der Waals surface area contributed by atoms with E-state index in [0.717, 1.165) is 11.1 Å². The number of nitrogens with zero attached hydrogens (tertiary/aromatic N) is 4. The first-order chi connectivity index (χ1) is 14.8. The fourth-order valence-corrected chi connectivity index (χ4v) is 4.34. The second kappa shape index (κ2) is 7.89. The summed E-state index contributed by atoms with van der Waals surface area (Å²) in [6.07, 6.45) is 1.20. The number of aromatic nitrogens is 3. The average molecular weight is 433 g/mol. The molecule has 0 N–H and O–H groups in total. The van der Waals surface area contributed by atoms with Gasteiger partial charge in [0.1, 0.15) is 0 Å². The van der Waals surface area contributed by atoms with Gasteiger partial charge in [0.15, 0.2) is 5.69 Å². The van der Waals surface area contributed by atoms with E-state index in [1.54, 1.807) is 28.4 Å². The number of benzene rings is 2. The Bertz CT molecular complexity index is 1200. The molecule has 2 aromatic heterocycles. The Morgan fingerprint density at radius 3 is 2.63 bits per heavy atom. The minimum Gasteiger partial charge on any atom is -0.447 e. The molecule has 0 bridgehead atoms. The van der Waals surface area contributed by atoms with Crippen molar-refractivity contribution in [2.75, 3.05) is 11.2 Å². The lowest BCUT2D eigenvalue weighted by Crippen LogP contribution is -2.37. The first kappa shape index (κ1) is 18.8. The van der Waals surface area contributed by atoms with Gasteiger partial charge in [-0.3, -0.25) is 9.69 Å². The second-order valence-corrected chi connectivity index (χ2v) is 8.09. The molecule has 0 unspecified atom stereocenters. The van der Waals surface area contributed by atoms with Crippen molar-refractivity contribution < 1.29 is 9.53 Å². The summed E-state index contributed by atoms with van der Waals surface area (Å²) in [5, 5.41) is 13.0. The van der Waals surface area contributed by atoms with E-state index in [0.29, 0.717) is 28.0 Å². The van der Waals surface area contributed by atoms with Crippen LogP contribution in [0.3, 0.4) is 0 Å². The van der Waals surface area contributed by atoms with Crippen LogP contribution in [0.4, 0.5) is 5.69 Å². The molecule has 0 saturated heterocycles. The summed E-state index contributed by atoms with van der Waals surface area (Å²) in [5.74, 6) is 0.200. The number of thiophene rings is 1. The van der Waals surface area contributed by atoms with Crippen LogP contribution in [0.5, 0.6) is 5.88 Å². The van der Waals surface area contributed by atoms with E-state index in [-0.39, 0.29) is 5.91 Å². The summed E-state index contributed by atoms with van der Waals surface area (Å²) in [4.78, 5) is 19.9. The summed E-state index contributed by atoms with van der Waals surface area (Å²) >= 11 is 2.94. The molecule has 0 spiro atoms. The predicted octanol–water partition coefficient (Wildman–Crippen LogP) is 5.06. The zero-order valence-electron chi connectivity index (χ0n) is 15.9. The lowest BCUT2D eigenvalue weighted by atomic mass is 10.1. The minimum absolute atomic E-state index is 0.162. The number of thioether (sulfide) groups is 1. The molecule has 0 radical (unpaired) electrons. The molecule has 5 rings (SSSR count). The monoisotopic (exact) mass is 432 g/mol. The third-order valence-corrected chi connectivity index (χ3v) is 6.00.